The molecule has 1 fully saturated rings. The van der Waals surface area contributed by atoms with Crippen molar-refractivity contribution in [2.24, 2.45) is 0 Å². The molecule has 0 spiro atoms. The Kier molecular flexibility index (Phi) is 5.55. The van der Waals surface area contributed by atoms with E-state index in [4.69, 9.17) is 4.74 Å². The van der Waals surface area contributed by atoms with Crippen LogP contribution in [0.2, 0.25) is 0 Å². The molecule has 0 bridgehead atoms. The predicted octanol–water partition coefficient (Wildman–Crippen LogP) is 2.74. The van der Waals surface area contributed by atoms with Gasteiger partial charge in [0.25, 0.3) is 0 Å². The van der Waals surface area contributed by atoms with Gasteiger partial charge in [-0.1, -0.05) is 0 Å². The molecule has 0 aliphatic carbocycles. The quantitative estimate of drug-likeness (QED) is 0.812. The van der Waals surface area contributed by atoms with Gasteiger partial charge < -0.3 is 14.5 Å². The van der Waals surface area contributed by atoms with E-state index in [1.165, 1.54) is 24.3 Å². The van der Waals surface area contributed by atoms with E-state index in [-0.39, 0.29) is 6.09 Å². The van der Waals surface area contributed by atoms with Crippen LogP contribution in [0.25, 0.3) is 0 Å². The summed E-state index contributed by atoms with van der Waals surface area (Å²) in [5.41, 5.74) is 0.164. The van der Waals surface area contributed by atoms with Crippen LogP contribution in [0.1, 0.15) is 20.8 Å². The van der Waals surface area contributed by atoms with Crippen LogP contribution in [0.4, 0.5) is 19.3 Å². The molecule has 0 radical (unpaired) electrons. The first-order chi connectivity index (χ1) is 11.5. The van der Waals surface area contributed by atoms with Crippen molar-refractivity contribution >= 4 is 21.6 Å². The van der Waals surface area contributed by atoms with Gasteiger partial charge in [-0.05, 0) is 45.0 Å². The first kappa shape index (κ1) is 19.4. The third kappa shape index (κ3) is 4.81. The Hall–Kier alpha value is -1.90. The summed E-state index contributed by atoms with van der Waals surface area (Å²) in [5, 5.41) is 0. The summed E-state index contributed by atoms with van der Waals surface area (Å²) in [5.74, 6) is -3.43. The number of alkyl halides is 2. The molecule has 6 nitrogen and oxygen atoms in total. The molecule has 1 aromatic rings. The van der Waals surface area contributed by atoms with Gasteiger partial charge in [0.1, 0.15) is 5.60 Å². The molecule has 1 aliphatic rings. The third-order valence-corrected chi connectivity index (χ3v) is 5.09. The highest BCUT2D eigenvalue weighted by Gasteiger charge is 2.28. The molecule has 1 saturated heterocycles. The SMILES string of the molecule is CC(C)(C)OC(=O)N1CCN(c2ccc(S(=O)(=O)C(F)F)cc2)CC1. The summed E-state index contributed by atoms with van der Waals surface area (Å²) in [6.45, 7) is 7.42. The molecular weight excluding hydrogens is 354 g/mol. The Morgan fingerprint density at radius 2 is 1.60 bits per heavy atom. The molecule has 25 heavy (non-hydrogen) atoms. The second kappa shape index (κ2) is 7.15. The molecule has 1 heterocycles. The Labute approximate surface area is 146 Å². The standard InChI is InChI=1S/C16H22F2N2O4S/c1-16(2,3)24-15(21)20-10-8-19(9-11-20)12-4-6-13(7-5-12)25(22,23)14(17)18/h4-7,14H,8-11H2,1-3H3. The predicted molar refractivity (Wildman–Crippen MR) is 89.7 cm³/mol. The number of hydrogen-bond acceptors (Lipinski definition) is 5. The number of carbonyl (C=O) groups is 1. The van der Waals surface area contributed by atoms with Crippen molar-refractivity contribution in [3.63, 3.8) is 0 Å². The number of carbonyl (C=O) groups excluding carboxylic acids is 1. The molecule has 140 valence electrons. The molecule has 1 aromatic carbocycles. The van der Waals surface area contributed by atoms with Crippen LogP contribution >= 0.6 is 0 Å². The molecule has 1 amide bonds. The Bertz CT molecular complexity index is 707. The van der Waals surface area contributed by atoms with E-state index in [9.17, 15) is 22.0 Å². The average molecular weight is 376 g/mol. The zero-order chi connectivity index (χ0) is 18.8. The maximum absolute atomic E-state index is 12.5. The van der Waals surface area contributed by atoms with Crippen molar-refractivity contribution in [3.8, 4) is 0 Å². The Morgan fingerprint density at radius 3 is 2.04 bits per heavy atom. The third-order valence-electron chi connectivity index (χ3n) is 3.70. The monoisotopic (exact) mass is 376 g/mol. The van der Waals surface area contributed by atoms with Gasteiger partial charge in [0.2, 0.25) is 9.84 Å². The number of benzene rings is 1. The fourth-order valence-electron chi connectivity index (χ4n) is 2.42. The number of amides is 1. The molecule has 0 saturated carbocycles. The van der Waals surface area contributed by atoms with Crippen LogP contribution in [0, 0.1) is 0 Å². The van der Waals surface area contributed by atoms with Gasteiger partial charge in [-0.3, -0.25) is 0 Å². The van der Waals surface area contributed by atoms with E-state index in [2.05, 4.69) is 0 Å². The van der Waals surface area contributed by atoms with Gasteiger partial charge >= 0.3 is 11.9 Å². The second-order valence-electron chi connectivity index (χ2n) is 6.75. The van der Waals surface area contributed by atoms with Crippen molar-refractivity contribution in [2.45, 2.75) is 37.0 Å². The van der Waals surface area contributed by atoms with Crippen molar-refractivity contribution in [3.05, 3.63) is 24.3 Å². The summed E-state index contributed by atoms with van der Waals surface area (Å²) < 4.78 is 53.3. The molecule has 0 aromatic heterocycles. The first-order valence-electron chi connectivity index (χ1n) is 7.86. The van der Waals surface area contributed by atoms with E-state index < -0.39 is 26.1 Å². The van der Waals surface area contributed by atoms with E-state index in [0.717, 1.165) is 5.69 Å². The van der Waals surface area contributed by atoms with Gasteiger partial charge in [0.05, 0.1) is 4.90 Å². The highest BCUT2D eigenvalue weighted by molar-refractivity contribution is 7.91. The lowest BCUT2D eigenvalue weighted by atomic mass is 10.2. The topological polar surface area (TPSA) is 66.9 Å². The molecule has 0 atom stereocenters. The van der Waals surface area contributed by atoms with Crippen molar-refractivity contribution in [2.75, 3.05) is 31.1 Å². The summed E-state index contributed by atoms with van der Waals surface area (Å²) >= 11 is 0. The molecule has 2 rings (SSSR count). The number of rotatable bonds is 3. The normalized spacial score (nSPS) is 16.2. The molecule has 0 N–H and O–H groups in total. The molecule has 1 aliphatic heterocycles. The van der Waals surface area contributed by atoms with E-state index >= 15 is 0 Å². The number of anilines is 1. The number of piperazine rings is 1. The van der Waals surface area contributed by atoms with Gasteiger partial charge in [-0.25, -0.2) is 13.2 Å². The number of sulfone groups is 1. The maximum Gasteiger partial charge on any atom is 0.410 e. The smallest absolute Gasteiger partial charge is 0.410 e. The molecular formula is C16H22F2N2O4S. The van der Waals surface area contributed by atoms with Crippen LogP contribution < -0.4 is 4.90 Å². The van der Waals surface area contributed by atoms with E-state index in [1.807, 2.05) is 4.90 Å². The van der Waals surface area contributed by atoms with Crippen LogP contribution in [0.15, 0.2) is 29.2 Å². The lowest BCUT2D eigenvalue weighted by Gasteiger charge is -2.36. The van der Waals surface area contributed by atoms with Gasteiger partial charge in [0, 0.05) is 31.9 Å². The minimum absolute atomic E-state index is 0.370. The van der Waals surface area contributed by atoms with Gasteiger partial charge in [-0.15, -0.1) is 0 Å². The van der Waals surface area contributed by atoms with Crippen molar-refractivity contribution < 1.29 is 26.7 Å². The van der Waals surface area contributed by atoms with Crippen LogP contribution in [-0.4, -0.2) is 56.9 Å². The summed E-state index contributed by atoms with van der Waals surface area (Å²) in [7, 11) is -4.58. The van der Waals surface area contributed by atoms with Crippen molar-refractivity contribution in [1.29, 1.82) is 0 Å². The second-order valence-corrected chi connectivity index (χ2v) is 8.67. The Balaban J connectivity index is 1.98. The molecule has 9 heteroatoms. The summed E-state index contributed by atoms with van der Waals surface area (Å²) in [4.78, 5) is 15.2. The minimum Gasteiger partial charge on any atom is -0.444 e. The fraction of sp³-hybridized carbons (Fsp3) is 0.562. The van der Waals surface area contributed by atoms with Crippen molar-refractivity contribution in [1.82, 2.24) is 4.90 Å². The first-order valence-corrected chi connectivity index (χ1v) is 9.40. The van der Waals surface area contributed by atoms with Gasteiger partial charge in [0.15, 0.2) is 0 Å². The number of ether oxygens (including phenoxy) is 1. The molecule has 0 unspecified atom stereocenters. The largest absolute Gasteiger partial charge is 0.444 e. The minimum atomic E-state index is -4.58. The highest BCUT2D eigenvalue weighted by atomic mass is 32.2. The maximum atomic E-state index is 12.5. The van der Waals surface area contributed by atoms with Crippen LogP contribution in [0.3, 0.4) is 0 Å². The highest BCUT2D eigenvalue weighted by Crippen LogP contribution is 2.23. The van der Waals surface area contributed by atoms with Gasteiger partial charge in [-0.2, -0.15) is 8.78 Å². The van der Waals surface area contributed by atoms with E-state index in [0.29, 0.717) is 26.2 Å². The number of nitrogens with zero attached hydrogens (tertiary/aromatic N) is 2. The lowest BCUT2D eigenvalue weighted by Crippen LogP contribution is -2.50. The zero-order valence-electron chi connectivity index (χ0n) is 14.4. The number of hydrogen-bond donors (Lipinski definition) is 0. The average Bonchev–Trinajstić information content (AvgIpc) is 2.53. The summed E-state index contributed by atoms with van der Waals surface area (Å²) in [6, 6.07) is 5.35. The van der Waals surface area contributed by atoms with Crippen LogP contribution in [-0.2, 0) is 14.6 Å². The van der Waals surface area contributed by atoms with E-state index in [1.54, 1.807) is 25.7 Å². The fourth-order valence-corrected chi connectivity index (χ4v) is 3.14. The van der Waals surface area contributed by atoms with Crippen LogP contribution in [0.5, 0.6) is 0 Å². The number of halogens is 2. The lowest BCUT2D eigenvalue weighted by molar-refractivity contribution is 0.0240. The summed E-state index contributed by atoms with van der Waals surface area (Å²) in [6.07, 6.45) is -0.370. The zero-order valence-corrected chi connectivity index (χ0v) is 15.2. The Morgan fingerprint density at radius 1 is 1.08 bits per heavy atom.